The minimum atomic E-state index is -0.902. The van der Waals surface area contributed by atoms with Gasteiger partial charge in [-0.15, -0.1) is 0 Å². The number of piperidine rings is 3. The zero-order valence-electron chi connectivity index (χ0n) is 10.2. The summed E-state index contributed by atoms with van der Waals surface area (Å²) in [6, 6.07) is 1.90. The van der Waals surface area contributed by atoms with Crippen LogP contribution in [0.2, 0.25) is 0 Å². The number of hydrogen-bond acceptors (Lipinski definition) is 4. The Morgan fingerprint density at radius 3 is 2.83 bits per heavy atom. The number of nitrogens with zero attached hydrogens (tertiary/aromatic N) is 2. The van der Waals surface area contributed by atoms with E-state index in [4.69, 9.17) is 5.11 Å². The van der Waals surface area contributed by atoms with Crippen LogP contribution in [0.15, 0.2) is 18.5 Å². The molecule has 4 heterocycles. The summed E-state index contributed by atoms with van der Waals surface area (Å²) in [5.41, 5.74) is 0.949. The van der Waals surface area contributed by atoms with E-state index in [1.165, 1.54) is 32.1 Å². The van der Waals surface area contributed by atoms with Crippen molar-refractivity contribution in [2.75, 3.05) is 25.0 Å². The Balaban J connectivity index is 1.78. The first-order chi connectivity index (χ1) is 8.74. The van der Waals surface area contributed by atoms with Crippen LogP contribution in [0.1, 0.15) is 23.2 Å². The molecule has 3 saturated heterocycles. The van der Waals surface area contributed by atoms with Crippen molar-refractivity contribution in [2.24, 2.45) is 5.92 Å². The van der Waals surface area contributed by atoms with Crippen molar-refractivity contribution in [3.05, 3.63) is 24.0 Å². The van der Waals surface area contributed by atoms with Gasteiger partial charge >= 0.3 is 5.97 Å². The van der Waals surface area contributed by atoms with Crippen molar-refractivity contribution in [2.45, 2.75) is 18.9 Å². The molecule has 96 valence electrons. The molecule has 1 aromatic heterocycles. The maximum atomic E-state index is 11.1. The highest BCUT2D eigenvalue weighted by molar-refractivity contribution is 5.93. The summed E-state index contributed by atoms with van der Waals surface area (Å²) >= 11 is 0. The van der Waals surface area contributed by atoms with E-state index in [1.807, 2.05) is 0 Å². The molecular formula is C13H17N3O2. The average molecular weight is 247 g/mol. The molecule has 3 aliphatic heterocycles. The fourth-order valence-electron chi connectivity index (χ4n) is 3.02. The fourth-order valence-corrected chi connectivity index (χ4v) is 3.02. The highest BCUT2D eigenvalue weighted by Gasteiger charge is 2.34. The van der Waals surface area contributed by atoms with Crippen LogP contribution in [0.25, 0.3) is 0 Å². The first-order valence-corrected chi connectivity index (χ1v) is 6.40. The Labute approximate surface area is 106 Å². The molecule has 2 bridgehead atoms. The Kier molecular flexibility index (Phi) is 2.91. The zero-order chi connectivity index (χ0) is 12.5. The molecule has 3 aliphatic rings. The first kappa shape index (κ1) is 11.5. The molecule has 5 heteroatoms. The van der Waals surface area contributed by atoms with Crippen molar-refractivity contribution >= 4 is 11.7 Å². The molecule has 1 atom stereocenters. The lowest BCUT2D eigenvalue weighted by Crippen LogP contribution is -2.53. The zero-order valence-corrected chi connectivity index (χ0v) is 10.2. The minimum Gasteiger partial charge on any atom is -0.478 e. The number of pyridine rings is 1. The minimum absolute atomic E-state index is 0.307. The van der Waals surface area contributed by atoms with Crippen molar-refractivity contribution in [1.29, 1.82) is 0 Å². The summed E-state index contributed by atoms with van der Waals surface area (Å²) in [7, 11) is 0. The van der Waals surface area contributed by atoms with Crippen LogP contribution >= 0.6 is 0 Å². The molecule has 0 aliphatic carbocycles. The van der Waals surface area contributed by atoms with Crippen molar-refractivity contribution in [1.82, 2.24) is 9.88 Å². The monoisotopic (exact) mass is 247 g/mol. The number of carboxylic acid groups (broad SMARTS) is 1. The number of rotatable bonds is 3. The number of aromatic carboxylic acids is 1. The Hall–Kier alpha value is -1.62. The van der Waals surface area contributed by atoms with E-state index in [1.54, 1.807) is 12.3 Å². The second kappa shape index (κ2) is 4.57. The van der Waals surface area contributed by atoms with Crippen LogP contribution in [0.4, 0.5) is 5.69 Å². The van der Waals surface area contributed by atoms with Gasteiger partial charge in [-0.25, -0.2) is 4.79 Å². The number of carbonyl (C=O) groups is 1. The highest BCUT2D eigenvalue weighted by atomic mass is 16.4. The highest BCUT2D eigenvalue weighted by Crippen LogP contribution is 2.30. The number of fused-ring (bicyclic) bond motifs is 3. The SMILES string of the molecule is O=C(O)c1ccncc1NC1CN2CCC1CC2. The van der Waals surface area contributed by atoms with Crippen LogP contribution in [0.5, 0.6) is 0 Å². The number of nitrogens with one attached hydrogen (secondary N) is 1. The van der Waals surface area contributed by atoms with Gasteiger partial charge in [0.25, 0.3) is 0 Å². The molecule has 0 amide bonds. The molecule has 18 heavy (non-hydrogen) atoms. The molecule has 1 aromatic rings. The van der Waals surface area contributed by atoms with E-state index in [0.29, 0.717) is 23.2 Å². The van der Waals surface area contributed by atoms with Gasteiger partial charge < -0.3 is 15.3 Å². The molecule has 0 aromatic carbocycles. The Bertz CT molecular complexity index is 455. The standard InChI is InChI=1S/C13H17N3O2/c17-13(18)10-1-4-14-7-11(10)15-12-8-16-5-2-9(12)3-6-16/h1,4,7,9,12,15H,2-3,5-6,8H2,(H,17,18). The number of aromatic nitrogens is 1. The van der Waals surface area contributed by atoms with E-state index in [-0.39, 0.29) is 0 Å². The Morgan fingerprint density at radius 2 is 2.22 bits per heavy atom. The summed E-state index contributed by atoms with van der Waals surface area (Å²) in [4.78, 5) is 17.6. The van der Waals surface area contributed by atoms with Gasteiger partial charge in [0.05, 0.1) is 17.4 Å². The molecular weight excluding hydrogens is 230 g/mol. The van der Waals surface area contributed by atoms with Crippen LogP contribution in [0, 0.1) is 5.92 Å². The summed E-state index contributed by atoms with van der Waals surface area (Å²) in [5, 5.41) is 12.5. The predicted octanol–water partition coefficient (Wildman–Crippen LogP) is 1.29. The van der Waals surface area contributed by atoms with Crippen LogP contribution in [-0.2, 0) is 0 Å². The summed E-state index contributed by atoms with van der Waals surface area (Å²) in [6.45, 7) is 3.38. The third kappa shape index (κ3) is 2.06. The summed E-state index contributed by atoms with van der Waals surface area (Å²) in [5.74, 6) is -0.238. The van der Waals surface area contributed by atoms with Gasteiger partial charge in [-0.05, 0) is 37.9 Å². The van der Waals surface area contributed by atoms with E-state index in [9.17, 15) is 4.79 Å². The molecule has 0 spiro atoms. The predicted molar refractivity (Wildman–Crippen MR) is 67.8 cm³/mol. The normalized spacial score (nSPS) is 30.1. The van der Waals surface area contributed by atoms with E-state index >= 15 is 0 Å². The summed E-state index contributed by atoms with van der Waals surface area (Å²) in [6.07, 6.45) is 5.55. The third-order valence-corrected chi connectivity index (χ3v) is 4.05. The molecule has 2 N–H and O–H groups in total. The second-order valence-corrected chi connectivity index (χ2v) is 5.12. The van der Waals surface area contributed by atoms with Gasteiger partial charge in [0.1, 0.15) is 0 Å². The van der Waals surface area contributed by atoms with E-state index in [0.717, 1.165) is 6.54 Å². The molecule has 3 fully saturated rings. The van der Waals surface area contributed by atoms with Gasteiger partial charge in [-0.3, -0.25) is 4.98 Å². The van der Waals surface area contributed by atoms with Gasteiger partial charge in [0.2, 0.25) is 0 Å². The van der Waals surface area contributed by atoms with Gasteiger partial charge in [-0.1, -0.05) is 0 Å². The molecule has 5 nitrogen and oxygen atoms in total. The van der Waals surface area contributed by atoms with Gasteiger partial charge in [0, 0.05) is 18.8 Å². The quantitative estimate of drug-likeness (QED) is 0.842. The second-order valence-electron chi connectivity index (χ2n) is 5.12. The number of carboxylic acids is 1. The van der Waals surface area contributed by atoms with Crippen molar-refractivity contribution in [3.63, 3.8) is 0 Å². The first-order valence-electron chi connectivity index (χ1n) is 6.40. The van der Waals surface area contributed by atoms with Crippen molar-refractivity contribution < 1.29 is 9.90 Å². The summed E-state index contributed by atoms with van der Waals surface area (Å²) < 4.78 is 0. The molecule has 0 radical (unpaired) electrons. The van der Waals surface area contributed by atoms with Gasteiger partial charge in [-0.2, -0.15) is 0 Å². The largest absolute Gasteiger partial charge is 0.478 e. The smallest absolute Gasteiger partial charge is 0.337 e. The molecule has 4 rings (SSSR count). The Morgan fingerprint density at radius 1 is 1.44 bits per heavy atom. The van der Waals surface area contributed by atoms with Crippen LogP contribution in [-0.4, -0.2) is 46.6 Å². The third-order valence-electron chi connectivity index (χ3n) is 4.05. The van der Waals surface area contributed by atoms with E-state index < -0.39 is 5.97 Å². The topological polar surface area (TPSA) is 65.5 Å². The van der Waals surface area contributed by atoms with Crippen molar-refractivity contribution in [3.8, 4) is 0 Å². The lowest BCUT2D eigenvalue weighted by atomic mass is 9.84. The number of hydrogen-bond donors (Lipinski definition) is 2. The number of anilines is 1. The van der Waals surface area contributed by atoms with Crippen LogP contribution in [0.3, 0.4) is 0 Å². The maximum absolute atomic E-state index is 11.1. The van der Waals surface area contributed by atoms with Gasteiger partial charge in [0.15, 0.2) is 0 Å². The molecule has 0 saturated carbocycles. The lowest BCUT2D eigenvalue weighted by Gasteiger charge is -2.45. The maximum Gasteiger partial charge on any atom is 0.337 e. The molecule has 1 unspecified atom stereocenters. The lowest BCUT2D eigenvalue weighted by molar-refractivity contribution is 0.0697. The van der Waals surface area contributed by atoms with Crippen LogP contribution < -0.4 is 5.32 Å². The average Bonchev–Trinajstić information content (AvgIpc) is 2.40. The van der Waals surface area contributed by atoms with E-state index in [2.05, 4.69) is 15.2 Å². The fraction of sp³-hybridized carbons (Fsp3) is 0.538.